The van der Waals surface area contributed by atoms with Crippen LogP contribution >= 0.6 is 0 Å². The predicted molar refractivity (Wildman–Crippen MR) is 105 cm³/mol. The molecule has 4 fully saturated rings. The molecule has 0 aromatic heterocycles. The zero-order valence-electron chi connectivity index (χ0n) is 17.2. The molecule has 4 aliphatic rings. The highest BCUT2D eigenvalue weighted by molar-refractivity contribution is 5.11. The number of nitrogens with zero attached hydrogens (tertiary/aromatic N) is 2. The average molecular weight is 349 g/mol. The quantitative estimate of drug-likeness (QED) is 0.581. The Hall–Kier alpha value is -0.120. The van der Waals surface area contributed by atoms with E-state index in [4.69, 9.17) is 5.73 Å². The second-order valence-corrected chi connectivity index (χ2v) is 10.1. The van der Waals surface area contributed by atoms with Crippen molar-refractivity contribution in [3.63, 3.8) is 0 Å². The van der Waals surface area contributed by atoms with Gasteiger partial charge < -0.3 is 5.73 Å². The van der Waals surface area contributed by atoms with Gasteiger partial charge in [-0.05, 0) is 51.4 Å². The summed E-state index contributed by atoms with van der Waals surface area (Å²) in [5, 5.41) is 0. The molecular weight excluding hydrogens is 306 g/mol. The molecule has 0 aromatic rings. The second kappa shape index (κ2) is 6.49. The molecule has 8 unspecified atom stereocenters. The molecule has 3 saturated heterocycles. The Labute approximate surface area is 155 Å². The molecule has 8 atom stereocenters. The SMILES string of the molecule is CCCC1C(N)C2CCN(C3CCC(CC)C3)C2[N+]2(CCC)CC12C. The molecule has 3 heterocycles. The van der Waals surface area contributed by atoms with Crippen LogP contribution in [0.2, 0.25) is 0 Å². The molecule has 0 radical (unpaired) electrons. The molecule has 0 aromatic carbocycles. The van der Waals surface area contributed by atoms with Gasteiger partial charge in [-0.25, -0.2) is 0 Å². The van der Waals surface area contributed by atoms with Crippen molar-refractivity contribution in [2.75, 3.05) is 19.6 Å². The summed E-state index contributed by atoms with van der Waals surface area (Å²) in [6.45, 7) is 13.8. The maximum absolute atomic E-state index is 6.99. The average Bonchev–Trinajstić information content (AvgIpc) is 3.01. The van der Waals surface area contributed by atoms with Crippen LogP contribution < -0.4 is 5.73 Å². The summed E-state index contributed by atoms with van der Waals surface area (Å²) in [6.07, 6.45) is 11.8. The van der Waals surface area contributed by atoms with Crippen LogP contribution in [0.3, 0.4) is 0 Å². The minimum absolute atomic E-state index is 0.439. The van der Waals surface area contributed by atoms with Gasteiger partial charge in [-0.1, -0.05) is 33.6 Å². The fourth-order valence-corrected chi connectivity index (χ4v) is 7.76. The molecule has 0 amide bonds. The summed E-state index contributed by atoms with van der Waals surface area (Å²) in [5.41, 5.74) is 7.46. The first kappa shape index (κ1) is 18.3. The van der Waals surface area contributed by atoms with Gasteiger partial charge in [-0.2, -0.15) is 0 Å². The van der Waals surface area contributed by atoms with Crippen LogP contribution in [0, 0.1) is 17.8 Å². The number of quaternary nitrogens is 1. The van der Waals surface area contributed by atoms with Crippen molar-refractivity contribution in [3.8, 4) is 0 Å². The molecule has 4 rings (SSSR count). The Morgan fingerprint density at radius 1 is 1.12 bits per heavy atom. The number of fused-ring (bicyclic) bond motifs is 3. The maximum Gasteiger partial charge on any atom is 0.152 e. The summed E-state index contributed by atoms with van der Waals surface area (Å²) in [7, 11) is 0. The number of likely N-dealkylation sites (tertiary alicyclic amines) is 1. The zero-order chi connectivity index (χ0) is 17.8. The summed E-state index contributed by atoms with van der Waals surface area (Å²) >= 11 is 0. The molecule has 3 nitrogen and oxygen atoms in total. The van der Waals surface area contributed by atoms with Crippen LogP contribution in [-0.2, 0) is 0 Å². The Morgan fingerprint density at radius 3 is 2.56 bits per heavy atom. The number of hydrogen-bond acceptors (Lipinski definition) is 2. The molecule has 2 N–H and O–H groups in total. The van der Waals surface area contributed by atoms with Gasteiger partial charge in [0.25, 0.3) is 0 Å². The van der Waals surface area contributed by atoms with Crippen LogP contribution in [-0.4, -0.2) is 52.8 Å². The Morgan fingerprint density at radius 2 is 1.92 bits per heavy atom. The van der Waals surface area contributed by atoms with Gasteiger partial charge in [-0.15, -0.1) is 0 Å². The van der Waals surface area contributed by atoms with E-state index in [2.05, 4.69) is 32.6 Å². The highest BCUT2D eigenvalue weighted by Crippen LogP contribution is 2.62. The van der Waals surface area contributed by atoms with Gasteiger partial charge in [0.15, 0.2) is 11.7 Å². The van der Waals surface area contributed by atoms with E-state index in [-0.39, 0.29) is 0 Å². The number of piperidine rings is 1. The van der Waals surface area contributed by atoms with Crippen molar-refractivity contribution in [1.29, 1.82) is 0 Å². The Balaban J connectivity index is 1.63. The molecule has 0 bridgehead atoms. The maximum atomic E-state index is 6.99. The summed E-state index contributed by atoms with van der Waals surface area (Å²) < 4.78 is 1.40. The number of hydrogen-bond donors (Lipinski definition) is 1. The second-order valence-electron chi connectivity index (χ2n) is 10.1. The normalized spacial score (nSPS) is 52.2. The molecule has 25 heavy (non-hydrogen) atoms. The van der Waals surface area contributed by atoms with Crippen molar-refractivity contribution < 1.29 is 4.48 Å². The molecule has 0 spiro atoms. The van der Waals surface area contributed by atoms with Crippen molar-refractivity contribution in [1.82, 2.24) is 4.90 Å². The first-order chi connectivity index (χ1) is 12.0. The van der Waals surface area contributed by atoms with Gasteiger partial charge in [0, 0.05) is 30.5 Å². The first-order valence-electron chi connectivity index (χ1n) is 11.4. The highest BCUT2D eigenvalue weighted by Gasteiger charge is 2.79. The van der Waals surface area contributed by atoms with E-state index in [0.717, 1.165) is 30.0 Å². The van der Waals surface area contributed by atoms with Crippen molar-refractivity contribution in [3.05, 3.63) is 0 Å². The largest absolute Gasteiger partial charge is 0.327 e. The standard InChI is InChI=1S/C22H42N3/c1-5-8-19-20(23)18-11-12-24(17-10-9-16(7-3)14-17)21(18)25(13-6-2)15-22(19,25)4/h16-21H,5-15,23H2,1-4H3/q+1. The van der Waals surface area contributed by atoms with Crippen LogP contribution in [0.4, 0.5) is 0 Å². The Kier molecular flexibility index (Phi) is 4.74. The van der Waals surface area contributed by atoms with E-state index in [9.17, 15) is 0 Å². The van der Waals surface area contributed by atoms with Gasteiger partial charge in [0.2, 0.25) is 0 Å². The van der Waals surface area contributed by atoms with Crippen LogP contribution in [0.1, 0.15) is 79.1 Å². The highest BCUT2D eigenvalue weighted by atomic mass is 15.6. The summed E-state index contributed by atoms with van der Waals surface area (Å²) in [4.78, 5) is 2.99. The zero-order valence-corrected chi connectivity index (χ0v) is 17.2. The van der Waals surface area contributed by atoms with E-state index in [1.807, 2.05) is 0 Å². The van der Waals surface area contributed by atoms with E-state index in [1.54, 1.807) is 0 Å². The third-order valence-corrected chi connectivity index (χ3v) is 9.01. The molecule has 1 aliphatic carbocycles. The molecule has 144 valence electrons. The fourth-order valence-electron chi connectivity index (χ4n) is 7.76. The lowest BCUT2D eigenvalue weighted by Gasteiger charge is -2.49. The number of rotatable bonds is 6. The first-order valence-corrected chi connectivity index (χ1v) is 11.4. The molecular formula is C22H42N3+. The third-order valence-electron chi connectivity index (χ3n) is 9.01. The minimum Gasteiger partial charge on any atom is -0.327 e. The third kappa shape index (κ3) is 2.48. The smallest absolute Gasteiger partial charge is 0.152 e. The Bertz CT molecular complexity index is 494. The lowest BCUT2D eigenvalue weighted by atomic mass is 9.73. The van der Waals surface area contributed by atoms with Crippen LogP contribution in [0.25, 0.3) is 0 Å². The summed E-state index contributed by atoms with van der Waals surface area (Å²) in [6, 6.07) is 1.29. The fraction of sp³-hybridized carbons (Fsp3) is 1.00. The lowest BCUT2D eigenvalue weighted by Crippen LogP contribution is -2.66. The van der Waals surface area contributed by atoms with E-state index >= 15 is 0 Å². The lowest BCUT2D eigenvalue weighted by molar-refractivity contribution is -0.880. The van der Waals surface area contributed by atoms with Crippen molar-refractivity contribution >= 4 is 0 Å². The van der Waals surface area contributed by atoms with Gasteiger partial charge in [0.05, 0.1) is 6.54 Å². The molecule has 1 saturated carbocycles. The minimum atomic E-state index is 0.439. The van der Waals surface area contributed by atoms with E-state index in [0.29, 0.717) is 11.6 Å². The van der Waals surface area contributed by atoms with Gasteiger partial charge in [-0.3, -0.25) is 9.38 Å². The molecule has 3 heteroatoms. The monoisotopic (exact) mass is 348 g/mol. The predicted octanol–water partition coefficient (Wildman–Crippen LogP) is 3.97. The van der Waals surface area contributed by atoms with Gasteiger partial charge >= 0.3 is 0 Å². The van der Waals surface area contributed by atoms with Gasteiger partial charge in [0.1, 0.15) is 6.54 Å². The van der Waals surface area contributed by atoms with Crippen LogP contribution in [0.15, 0.2) is 0 Å². The number of nitrogens with two attached hydrogens (primary N) is 1. The molecule has 3 aliphatic heterocycles. The van der Waals surface area contributed by atoms with Crippen LogP contribution in [0.5, 0.6) is 0 Å². The summed E-state index contributed by atoms with van der Waals surface area (Å²) in [5.74, 6) is 2.48. The van der Waals surface area contributed by atoms with Crippen molar-refractivity contribution in [2.24, 2.45) is 23.5 Å². The van der Waals surface area contributed by atoms with Crippen molar-refractivity contribution in [2.45, 2.75) is 103 Å². The topological polar surface area (TPSA) is 29.3 Å². The van der Waals surface area contributed by atoms with E-state index < -0.39 is 0 Å². The van der Waals surface area contributed by atoms with E-state index in [1.165, 1.54) is 75.5 Å².